The Morgan fingerprint density at radius 2 is 1.63 bits per heavy atom. The van der Waals surface area contributed by atoms with Crippen molar-refractivity contribution in [2.75, 3.05) is 30.8 Å². The van der Waals surface area contributed by atoms with E-state index in [-0.39, 0.29) is 17.2 Å². The molecule has 1 fully saturated rings. The van der Waals surface area contributed by atoms with Crippen LogP contribution in [0.15, 0.2) is 54.6 Å². The second kappa shape index (κ2) is 8.35. The summed E-state index contributed by atoms with van der Waals surface area (Å²) in [5.74, 6) is 0.0311. The minimum atomic E-state index is -0.348. The van der Waals surface area contributed by atoms with Crippen molar-refractivity contribution in [2.45, 2.75) is 26.2 Å². The maximum Gasteiger partial charge on any atom is 0.231 e. The van der Waals surface area contributed by atoms with Gasteiger partial charge in [0.15, 0.2) is 0 Å². The first kappa shape index (κ1) is 19.1. The lowest BCUT2D eigenvalue weighted by molar-refractivity contribution is -0.124. The number of hydrogen-bond donors (Lipinski definition) is 2. The van der Waals surface area contributed by atoms with E-state index in [4.69, 9.17) is 0 Å². The lowest BCUT2D eigenvalue weighted by atomic mass is 9.88. The van der Waals surface area contributed by atoms with E-state index in [9.17, 15) is 9.59 Å². The van der Waals surface area contributed by atoms with Crippen LogP contribution in [-0.4, -0.2) is 36.9 Å². The van der Waals surface area contributed by atoms with Crippen LogP contribution in [0.3, 0.4) is 0 Å². The average Bonchev–Trinajstić information content (AvgIpc) is 3.03. The molecule has 5 heteroatoms. The van der Waals surface area contributed by atoms with Gasteiger partial charge in [0, 0.05) is 24.3 Å². The van der Waals surface area contributed by atoms with Gasteiger partial charge in [0.1, 0.15) is 0 Å². The van der Waals surface area contributed by atoms with E-state index in [0.717, 1.165) is 36.4 Å². The molecule has 3 rings (SSSR count). The molecule has 2 aromatic rings. The largest absolute Gasteiger partial charge is 0.326 e. The monoisotopic (exact) mass is 365 g/mol. The fourth-order valence-corrected chi connectivity index (χ4v) is 3.42. The Labute approximate surface area is 160 Å². The van der Waals surface area contributed by atoms with Crippen molar-refractivity contribution in [2.24, 2.45) is 5.41 Å². The first-order chi connectivity index (χ1) is 12.9. The molecule has 2 amide bonds. The zero-order valence-corrected chi connectivity index (χ0v) is 16.0. The van der Waals surface area contributed by atoms with Gasteiger partial charge in [-0.1, -0.05) is 30.3 Å². The molecule has 0 saturated carbocycles. The van der Waals surface area contributed by atoms with Gasteiger partial charge in [-0.15, -0.1) is 0 Å². The third-order valence-corrected chi connectivity index (χ3v) is 5.12. The predicted molar refractivity (Wildman–Crippen MR) is 109 cm³/mol. The molecule has 1 saturated heterocycles. The summed E-state index contributed by atoms with van der Waals surface area (Å²) in [4.78, 5) is 26.8. The van der Waals surface area contributed by atoms with Crippen LogP contribution in [0.5, 0.6) is 0 Å². The van der Waals surface area contributed by atoms with Gasteiger partial charge in [0.05, 0.1) is 5.41 Å². The molecule has 2 N–H and O–H groups in total. The summed E-state index contributed by atoms with van der Waals surface area (Å²) in [5.41, 5.74) is 2.28. The molecular weight excluding hydrogens is 338 g/mol. The van der Waals surface area contributed by atoms with E-state index in [1.54, 1.807) is 0 Å². The van der Waals surface area contributed by atoms with Gasteiger partial charge in [0.2, 0.25) is 11.8 Å². The zero-order chi connectivity index (χ0) is 19.3. The summed E-state index contributed by atoms with van der Waals surface area (Å²) in [5, 5.41) is 5.90. The number of amides is 2. The van der Waals surface area contributed by atoms with Crippen molar-refractivity contribution < 1.29 is 9.59 Å². The van der Waals surface area contributed by atoms with Crippen LogP contribution >= 0.6 is 0 Å². The first-order valence-electron chi connectivity index (χ1n) is 9.38. The van der Waals surface area contributed by atoms with Crippen LogP contribution < -0.4 is 10.6 Å². The van der Waals surface area contributed by atoms with Gasteiger partial charge >= 0.3 is 0 Å². The second-order valence-electron chi connectivity index (χ2n) is 7.61. The minimum absolute atomic E-state index is 0.0165. The van der Waals surface area contributed by atoms with Crippen LogP contribution in [0.25, 0.3) is 0 Å². The van der Waals surface area contributed by atoms with Crippen molar-refractivity contribution >= 4 is 23.2 Å². The zero-order valence-electron chi connectivity index (χ0n) is 16.0. The summed E-state index contributed by atoms with van der Waals surface area (Å²) in [7, 11) is 2.04. The van der Waals surface area contributed by atoms with Crippen LogP contribution in [0.4, 0.5) is 11.4 Å². The normalized spacial score (nSPS) is 19.6. The van der Waals surface area contributed by atoms with Crippen LogP contribution in [-0.2, 0) is 16.0 Å². The number of rotatable bonds is 6. The summed E-state index contributed by atoms with van der Waals surface area (Å²) >= 11 is 0. The smallest absolute Gasteiger partial charge is 0.231 e. The first-order valence-corrected chi connectivity index (χ1v) is 9.38. The Morgan fingerprint density at radius 3 is 2.22 bits per heavy atom. The van der Waals surface area contributed by atoms with Crippen LogP contribution in [0.2, 0.25) is 0 Å². The molecule has 0 aromatic heterocycles. The van der Waals surface area contributed by atoms with Gasteiger partial charge in [-0.25, -0.2) is 0 Å². The number of likely N-dealkylation sites (tertiary alicyclic amines) is 1. The number of benzene rings is 2. The summed E-state index contributed by atoms with van der Waals surface area (Å²) in [6.45, 7) is 3.72. The predicted octanol–water partition coefficient (Wildman–Crippen LogP) is 3.54. The van der Waals surface area contributed by atoms with E-state index in [0.29, 0.717) is 12.8 Å². The standard InChI is InChI=1S/C22H27N3O2/c1-22(14-15-25(2)16-22)21(27)24-19-11-9-18(10-12-19)23-20(26)13-8-17-6-4-3-5-7-17/h3-7,9-12H,8,13-16H2,1-2H3,(H,23,26)(H,24,27). The third-order valence-electron chi connectivity index (χ3n) is 5.12. The Balaban J connectivity index is 1.49. The molecular formula is C22H27N3O2. The van der Waals surface area contributed by atoms with E-state index < -0.39 is 0 Å². The molecule has 2 aromatic carbocycles. The molecule has 1 aliphatic rings. The molecule has 0 radical (unpaired) electrons. The third kappa shape index (κ3) is 5.17. The Bertz CT molecular complexity index is 789. The maximum atomic E-state index is 12.6. The molecule has 0 bridgehead atoms. The Kier molecular flexibility index (Phi) is 5.91. The molecule has 5 nitrogen and oxygen atoms in total. The van der Waals surface area contributed by atoms with E-state index in [2.05, 4.69) is 15.5 Å². The molecule has 1 aliphatic heterocycles. The highest BCUT2D eigenvalue weighted by Crippen LogP contribution is 2.30. The van der Waals surface area contributed by atoms with Crippen molar-refractivity contribution in [1.29, 1.82) is 0 Å². The van der Waals surface area contributed by atoms with E-state index in [1.807, 2.05) is 68.6 Å². The molecule has 0 spiro atoms. The SMILES string of the molecule is CN1CCC(C)(C(=O)Nc2ccc(NC(=O)CCc3ccccc3)cc2)C1. The number of carbonyl (C=O) groups excluding carboxylic acids is 2. The Hall–Kier alpha value is -2.66. The lowest BCUT2D eigenvalue weighted by Gasteiger charge is -2.22. The minimum Gasteiger partial charge on any atom is -0.326 e. The summed E-state index contributed by atoms with van der Waals surface area (Å²) in [6, 6.07) is 17.3. The lowest BCUT2D eigenvalue weighted by Crippen LogP contribution is -2.35. The molecule has 1 unspecified atom stereocenters. The van der Waals surface area contributed by atoms with Crippen molar-refractivity contribution in [1.82, 2.24) is 4.90 Å². The fraction of sp³-hybridized carbons (Fsp3) is 0.364. The molecule has 142 valence electrons. The number of nitrogens with zero attached hydrogens (tertiary/aromatic N) is 1. The number of aryl methyl sites for hydroxylation is 1. The fourth-order valence-electron chi connectivity index (χ4n) is 3.42. The molecule has 0 aliphatic carbocycles. The van der Waals surface area contributed by atoms with Gasteiger partial charge in [-0.05, 0) is 63.2 Å². The summed E-state index contributed by atoms with van der Waals surface area (Å²) < 4.78 is 0. The Morgan fingerprint density at radius 1 is 1.00 bits per heavy atom. The highest BCUT2D eigenvalue weighted by atomic mass is 16.2. The van der Waals surface area contributed by atoms with Gasteiger partial charge in [0.25, 0.3) is 0 Å². The van der Waals surface area contributed by atoms with Gasteiger partial charge in [-0.2, -0.15) is 0 Å². The number of carbonyl (C=O) groups is 2. The highest BCUT2D eigenvalue weighted by Gasteiger charge is 2.38. The van der Waals surface area contributed by atoms with E-state index in [1.165, 1.54) is 0 Å². The highest BCUT2D eigenvalue weighted by molar-refractivity contribution is 5.96. The molecule has 1 heterocycles. The quantitative estimate of drug-likeness (QED) is 0.823. The molecule has 1 atom stereocenters. The van der Waals surface area contributed by atoms with E-state index >= 15 is 0 Å². The number of nitrogens with one attached hydrogen (secondary N) is 2. The average molecular weight is 365 g/mol. The van der Waals surface area contributed by atoms with Crippen molar-refractivity contribution in [3.63, 3.8) is 0 Å². The molecule has 27 heavy (non-hydrogen) atoms. The number of anilines is 2. The van der Waals surface area contributed by atoms with Crippen LogP contribution in [0.1, 0.15) is 25.3 Å². The number of hydrogen-bond acceptors (Lipinski definition) is 3. The maximum absolute atomic E-state index is 12.6. The van der Waals surface area contributed by atoms with Crippen molar-refractivity contribution in [3.05, 3.63) is 60.2 Å². The van der Waals surface area contributed by atoms with Gasteiger partial charge in [-0.3, -0.25) is 9.59 Å². The second-order valence-corrected chi connectivity index (χ2v) is 7.61. The topological polar surface area (TPSA) is 61.4 Å². The van der Waals surface area contributed by atoms with Crippen molar-refractivity contribution in [3.8, 4) is 0 Å². The van der Waals surface area contributed by atoms with Crippen LogP contribution in [0, 0.1) is 5.41 Å². The summed E-state index contributed by atoms with van der Waals surface area (Å²) in [6.07, 6.45) is 2.02. The van der Waals surface area contributed by atoms with Gasteiger partial charge < -0.3 is 15.5 Å².